The van der Waals surface area contributed by atoms with Gasteiger partial charge in [0.2, 0.25) is 0 Å². The number of non-ortho nitro benzene ring substituents is 1. The first kappa shape index (κ1) is 19.0. The van der Waals surface area contributed by atoms with E-state index in [0.29, 0.717) is 28.7 Å². The molecule has 1 aliphatic rings. The number of nitrogens with zero attached hydrogens (tertiary/aromatic N) is 3. The molecule has 1 aromatic carbocycles. The van der Waals surface area contributed by atoms with Gasteiger partial charge in [-0.1, -0.05) is 18.2 Å². The number of nitro groups is 1. The predicted octanol–water partition coefficient (Wildman–Crippen LogP) is 3.21. The van der Waals surface area contributed by atoms with Crippen molar-refractivity contribution in [3.63, 3.8) is 0 Å². The Balaban J connectivity index is 1.72. The van der Waals surface area contributed by atoms with E-state index in [1.165, 1.54) is 12.1 Å². The molecule has 2 atom stereocenters. The number of hydrogen-bond acceptors (Lipinski definition) is 6. The van der Waals surface area contributed by atoms with E-state index in [0.717, 1.165) is 5.69 Å². The molecule has 3 heterocycles. The Hall–Kier alpha value is -3.30. The molecule has 29 heavy (non-hydrogen) atoms. The molecule has 0 amide bonds. The average molecular weight is 410 g/mol. The van der Waals surface area contributed by atoms with Crippen molar-refractivity contribution in [1.82, 2.24) is 15.2 Å². The van der Waals surface area contributed by atoms with Crippen LogP contribution in [0, 0.1) is 10.1 Å². The lowest BCUT2D eigenvalue weighted by molar-refractivity contribution is -0.384. The molecule has 0 bridgehead atoms. The standard InChI is InChI=1S/C20H18N4O4S/c25-11-10-23-19(18(22-20(23)29)15-6-1-2-9-21-15)17-8-7-16(28-17)13-4-3-5-14(12-13)24(26)27/h1-9,12,18-19,25H,10-11H2,(H,22,29)/t18-,19-/m0/s1. The van der Waals surface area contributed by atoms with E-state index in [-0.39, 0.29) is 24.4 Å². The van der Waals surface area contributed by atoms with E-state index in [4.69, 9.17) is 16.6 Å². The minimum atomic E-state index is -0.438. The SMILES string of the molecule is O=[N+]([O-])c1cccc(-c2ccc([C@H]3[C@H](c4ccccn4)NC(=S)N3CCO)o2)c1. The zero-order valence-corrected chi connectivity index (χ0v) is 16.1. The molecular formula is C20H18N4O4S. The Labute approximate surface area is 171 Å². The Morgan fingerprint density at radius 3 is 2.83 bits per heavy atom. The minimum absolute atomic E-state index is 0.00238. The van der Waals surface area contributed by atoms with Crippen molar-refractivity contribution in [3.8, 4) is 11.3 Å². The Morgan fingerprint density at radius 1 is 1.24 bits per heavy atom. The zero-order chi connectivity index (χ0) is 20.4. The van der Waals surface area contributed by atoms with E-state index in [9.17, 15) is 15.2 Å². The van der Waals surface area contributed by atoms with Crippen molar-refractivity contribution in [2.45, 2.75) is 12.1 Å². The van der Waals surface area contributed by atoms with Gasteiger partial charge in [0.15, 0.2) is 5.11 Å². The molecule has 0 spiro atoms. The topological polar surface area (TPSA) is 105 Å². The second-order valence-corrected chi connectivity index (χ2v) is 6.94. The molecule has 2 aromatic heterocycles. The number of nitrogens with one attached hydrogen (secondary N) is 1. The molecule has 4 rings (SSSR count). The lowest BCUT2D eigenvalue weighted by atomic mass is 10.0. The van der Waals surface area contributed by atoms with E-state index >= 15 is 0 Å². The molecule has 1 fully saturated rings. The van der Waals surface area contributed by atoms with Crippen LogP contribution in [-0.4, -0.2) is 38.2 Å². The third-order valence-electron chi connectivity index (χ3n) is 4.80. The van der Waals surface area contributed by atoms with Crippen LogP contribution in [0.4, 0.5) is 5.69 Å². The predicted molar refractivity (Wildman–Crippen MR) is 110 cm³/mol. The first-order valence-electron chi connectivity index (χ1n) is 9.02. The third-order valence-corrected chi connectivity index (χ3v) is 5.15. The number of aliphatic hydroxyl groups excluding tert-OH is 1. The number of thiocarbonyl (C=S) groups is 1. The number of aromatic nitrogens is 1. The maximum atomic E-state index is 11.1. The molecule has 9 heteroatoms. The molecule has 1 saturated heterocycles. The number of hydrogen-bond donors (Lipinski definition) is 2. The molecule has 0 saturated carbocycles. The van der Waals surface area contributed by atoms with Gasteiger partial charge in [0, 0.05) is 30.4 Å². The van der Waals surface area contributed by atoms with Crippen molar-refractivity contribution >= 4 is 23.0 Å². The van der Waals surface area contributed by atoms with Gasteiger partial charge in [-0.3, -0.25) is 15.1 Å². The van der Waals surface area contributed by atoms with Crippen molar-refractivity contribution in [3.05, 3.63) is 82.4 Å². The van der Waals surface area contributed by atoms with Crippen molar-refractivity contribution in [1.29, 1.82) is 0 Å². The summed E-state index contributed by atoms with van der Waals surface area (Å²) in [4.78, 5) is 16.9. The van der Waals surface area contributed by atoms with Gasteiger partial charge >= 0.3 is 0 Å². The van der Waals surface area contributed by atoms with Crippen LogP contribution in [0.5, 0.6) is 0 Å². The fraction of sp³-hybridized carbons (Fsp3) is 0.200. The number of rotatable bonds is 6. The van der Waals surface area contributed by atoms with Crippen LogP contribution in [-0.2, 0) is 0 Å². The maximum absolute atomic E-state index is 11.1. The Bertz CT molecular complexity index is 1040. The summed E-state index contributed by atoms with van der Waals surface area (Å²) in [7, 11) is 0. The number of benzene rings is 1. The molecule has 0 unspecified atom stereocenters. The maximum Gasteiger partial charge on any atom is 0.270 e. The highest BCUT2D eigenvalue weighted by Gasteiger charge is 2.41. The fourth-order valence-electron chi connectivity index (χ4n) is 3.50. The van der Waals surface area contributed by atoms with Crippen LogP contribution in [0.2, 0.25) is 0 Å². The quantitative estimate of drug-likeness (QED) is 0.363. The van der Waals surface area contributed by atoms with Gasteiger partial charge in [0.1, 0.15) is 17.6 Å². The van der Waals surface area contributed by atoms with Crippen molar-refractivity contribution in [2.24, 2.45) is 0 Å². The number of aliphatic hydroxyl groups is 1. The second kappa shape index (κ2) is 7.98. The lowest BCUT2D eigenvalue weighted by Crippen LogP contribution is -2.32. The molecule has 2 N–H and O–H groups in total. The summed E-state index contributed by atoms with van der Waals surface area (Å²) in [5, 5.41) is 24.3. The number of nitro benzene ring substituents is 1. The van der Waals surface area contributed by atoms with Gasteiger partial charge in [0.05, 0.1) is 23.3 Å². The highest BCUT2D eigenvalue weighted by atomic mass is 32.1. The van der Waals surface area contributed by atoms with Crippen LogP contribution in [0.3, 0.4) is 0 Å². The van der Waals surface area contributed by atoms with Gasteiger partial charge < -0.3 is 19.7 Å². The summed E-state index contributed by atoms with van der Waals surface area (Å²) in [5.41, 5.74) is 1.41. The Morgan fingerprint density at radius 2 is 2.10 bits per heavy atom. The van der Waals surface area contributed by atoms with E-state index in [2.05, 4.69) is 10.3 Å². The van der Waals surface area contributed by atoms with Crippen molar-refractivity contribution in [2.75, 3.05) is 13.2 Å². The molecule has 148 valence electrons. The highest BCUT2D eigenvalue weighted by molar-refractivity contribution is 7.80. The second-order valence-electron chi connectivity index (χ2n) is 6.55. The molecular weight excluding hydrogens is 392 g/mol. The third kappa shape index (κ3) is 3.69. The summed E-state index contributed by atoms with van der Waals surface area (Å²) in [6, 6.07) is 15.0. The molecule has 0 aliphatic carbocycles. The van der Waals surface area contributed by atoms with Crippen LogP contribution >= 0.6 is 12.2 Å². The van der Waals surface area contributed by atoms with E-state index in [1.807, 2.05) is 29.2 Å². The number of pyridine rings is 1. The molecule has 8 nitrogen and oxygen atoms in total. The van der Waals surface area contributed by atoms with Gasteiger partial charge in [-0.05, 0) is 36.5 Å². The monoisotopic (exact) mass is 410 g/mol. The number of furan rings is 1. The highest BCUT2D eigenvalue weighted by Crippen LogP contribution is 2.40. The summed E-state index contributed by atoms with van der Waals surface area (Å²) in [6.07, 6.45) is 1.71. The fourth-order valence-corrected chi connectivity index (χ4v) is 3.83. The van der Waals surface area contributed by atoms with Gasteiger partial charge in [-0.25, -0.2) is 0 Å². The zero-order valence-electron chi connectivity index (χ0n) is 15.3. The molecule has 3 aromatic rings. The van der Waals surface area contributed by atoms with Gasteiger partial charge in [-0.2, -0.15) is 0 Å². The first-order chi connectivity index (χ1) is 14.1. The minimum Gasteiger partial charge on any atom is -0.459 e. The van der Waals surface area contributed by atoms with Gasteiger partial charge in [0.25, 0.3) is 5.69 Å². The first-order valence-corrected chi connectivity index (χ1v) is 9.43. The van der Waals surface area contributed by atoms with Crippen LogP contribution in [0.25, 0.3) is 11.3 Å². The largest absolute Gasteiger partial charge is 0.459 e. The normalized spacial score (nSPS) is 18.7. The van der Waals surface area contributed by atoms with Crippen LogP contribution in [0.1, 0.15) is 23.5 Å². The summed E-state index contributed by atoms with van der Waals surface area (Å²) in [5.74, 6) is 1.15. The average Bonchev–Trinajstić information content (AvgIpc) is 3.34. The van der Waals surface area contributed by atoms with E-state index < -0.39 is 4.92 Å². The summed E-state index contributed by atoms with van der Waals surface area (Å²) >= 11 is 5.47. The van der Waals surface area contributed by atoms with Crippen LogP contribution in [0.15, 0.2) is 65.2 Å². The summed E-state index contributed by atoms with van der Waals surface area (Å²) in [6.45, 7) is 0.276. The van der Waals surface area contributed by atoms with Crippen LogP contribution < -0.4 is 5.32 Å². The summed E-state index contributed by atoms with van der Waals surface area (Å²) < 4.78 is 6.09. The number of β-amino-alcohol motifs (C(OH)–C–C–N with tert-alkyl or cyclic N) is 1. The smallest absolute Gasteiger partial charge is 0.270 e. The molecule has 1 aliphatic heterocycles. The Kier molecular flexibility index (Phi) is 5.24. The lowest BCUT2D eigenvalue weighted by Gasteiger charge is -2.25. The van der Waals surface area contributed by atoms with E-state index in [1.54, 1.807) is 24.4 Å². The van der Waals surface area contributed by atoms with Gasteiger partial charge in [-0.15, -0.1) is 0 Å². The van der Waals surface area contributed by atoms with Crippen molar-refractivity contribution < 1.29 is 14.4 Å². The molecule has 0 radical (unpaired) electrons.